The smallest absolute Gasteiger partial charge is 0.267 e. The number of hydrogen-bond acceptors (Lipinski definition) is 4. The van der Waals surface area contributed by atoms with Crippen LogP contribution in [0.3, 0.4) is 0 Å². The Morgan fingerprint density at radius 1 is 1.12 bits per heavy atom. The Balaban J connectivity index is 2.49. The molecule has 24 heavy (non-hydrogen) atoms. The van der Waals surface area contributed by atoms with Gasteiger partial charge in [-0.05, 0) is 12.1 Å². The van der Waals surface area contributed by atoms with Crippen LogP contribution in [0, 0.1) is 5.82 Å². The normalized spacial score (nSPS) is 11.9. The van der Waals surface area contributed by atoms with Crippen LogP contribution in [0.5, 0.6) is 5.75 Å². The van der Waals surface area contributed by atoms with Crippen molar-refractivity contribution in [1.82, 2.24) is 4.90 Å². The first-order chi connectivity index (χ1) is 11.5. The lowest BCUT2D eigenvalue weighted by atomic mass is 10.1. The average Bonchev–Trinajstić information content (AvgIpc) is 2.59. The fourth-order valence-corrected chi connectivity index (χ4v) is 2.34. The Morgan fingerprint density at radius 2 is 1.67 bits per heavy atom. The molecule has 0 saturated carbocycles. The molecule has 1 unspecified atom stereocenters. The van der Waals surface area contributed by atoms with E-state index in [1.165, 1.54) is 4.90 Å². The van der Waals surface area contributed by atoms with Crippen molar-refractivity contribution in [2.75, 3.05) is 14.1 Å². The van der Waals surface area contributed by atoms with Crippen LogP contribution in [-0.2, 0) is 18.0 Å². The first-order valence-electron chi connectivity index (χ1n) is 7.43. The van der Waals surface area contributed by atoms with Crippen molar-refractivity contribution >= 4 is 5.91 Å². The Bertz CT molecular complexity index is 678. The highest BCUT2D eigenvalue weighted by Gasteiger charge is 2.26. The highest BCUT2D eigenvalue weighted by atomic mass is 19.1. The first-order valence-corrected chi connectivity index (χ1v) is 7.43. The summed E-state index contributed by atoms with van der Waals surface area (Å²) < 4.78 is 19.4. The third-order valence-electron chi connectivity index (χ3n) is 3.55. The van der Waals surface area contributed by atoms with Crippen LogP contribution in [0.4, 0.5) is 4.39 Å². The molecular weight excluding hydrogens is 313 g/mol. The molecule has 1 amide bonds. The molecule has 0 saturated heterocycles. The number of carbonyl (C=O) groups excluding carboxylic acids is 1. The van der Waals surface area contributed by atoms with E-state index in [1.54, 1.807) is 38.4 Å². The summed E-state index contributed by atoms with van der Waals surface area (Å²) in [5.74, 6) is -0.783. The summed E-state index contributed by atoms with van der Waals surface area (Å²) in [6.07, 6.45) is -0.970. The van der Waals surface area contributed by atoms with E-state index in [0.29, 0.717) is 5.56 Å². The third kappa shape index (κ3) is 3.90. The number of ether oxygens (including phenoxy) is 1. The number of aliphatic hydroxyl groups is 2. The van der Waals surface area contributed by atoms with E-state index in [0.717, 1.165) is 12.1 Å². The van der Waals surface area contributed by atoms with Gasteiger partial charge in [0.2, 0.25) is 6.10 Å². The van der Waals surface area contributed by atoms with Gasteiger partial charge in [0.15, 0.2) is 0 Å². The second-order valence-electron chi connectivity index (χ2n) is 5.51. The molecular formula is C18H20FNO4. The quantitative estimate of drug-likeness (QED) is 0.848. The zero-order valence-corrected chi connectivity index (χ0v) is 13.6. The summed E-state index contributed by atoms with van der Waals surface area (Å²) in [6.45, 7) is -0.949. The number of nitrogens with zero attached hydrogens (tertiary/aromatic N) is 1. The van der Waals surface area contributed by atoms with Gasteiger partial charge in [0.05, 0.1) is 13.2 Å². The van der Waals surface area contributed by atoms with Crippen molar-refractivity contribution in [3.63, 3.8) is 0 Å². The molecule has 0 aliphatic rings. The predicted octanol–water partition coefficient (Wildman–Crippen LogP) is 2.02. The Kier molecular flexibility index (Phi) is 5.89. The number of carbonyl (C=O) groups is 1. The van der Waals surface area contributed by atoms with E-state index < -0.39 is 25.1 Å². The largest absolute Gasteiger partial charge is 0.475 e. The van der Waals surface area contributed by atoms with Crippen LogP contribution in [0.25, 0.3) is 0 Å². The summed E-state index contributed by atoms with van der Waals surface area (Å²) >= 11 is 0. The summed E-state index contributed by atoms with van der Waals surface area (Å²) in [6, 6.07) is 11.1. The van der Waals surface area contributed by atoms with E-state index in [1.807, 2.05) is 6.07 Å². The second kappa shape index (κ2) is 7.90. The van der Waals surface area contributed by atoms with Crippen molar-refractivity contribution in [2.24, 2.45) is 0 Å². The maximum Gasteiger partial charge on any atom is 0.267 e. The molecule has 5 nitrogen and oxygen atoms in total. The molecule has 2 aromatic carbocycles. The molecule has 6 heteroatoms. The molecule has 128 valence electrons. The van der Waals surface area contributed by atoms with Crippen molar-refractivity contribution in [3.8, 4) is 5.75 Å². The van der Waals surface area contributed by atoms with Gasteiger partial charge < -0.3 is 19.8 Å². The van der Waals surface area contributed by atoms with Crippen LogP contribution in [0.1, 0.15) is 22.8 Å². The molecule has 1 atom stereocenters. The molecule has 0 heterocycles. The van der Waals surface area contributed by atoms with Crippen molar-refractivity contribution < 1.29 is 24.1 Å². The predicted molar refractivity (Wildman–Crippen MR) is 86.8 cm³/mol. The Labute approximate surface area is 139 Å². The summed E-state index contributed by atoms with van der Waals surface area (Å²) in [5, 5.41) is 18.9. The van der Waals surface area contributed by atoms with Gasteiger partial charge >= 0.3 is 0 Å². The molecule has 0 fully saturated rings. The van der Waals surface area contributed by atoms with Crippen LogP contribution in [0.2, 0.25) is 0 Å². The van der Waals surface area contributed by atoms with E-state index >= 15 is 0 Å². The van der Waals surface area contributed by atoms with Gasteiger partial charge in [-0.3, -0.25) is 4.79 Å². The monoisotopic (exact) mass is 333 g/mol. The van der Waals surface area contributed by atoms with Gasteiger partial charge in [-0.25, -0.2) is 4.39 Å². The number of hydrogen-bond donors (Lipinski definition) is 2. The number of rotatable bonds is 6. The minimum absolute atomic E-state index is 0.116. The van der Waals surface area contributed by atoms with Crippen molar-refractivity contribution in [3.05, 3.63) is 65.0 Å². The van der Waals surface area contributed by atoms with Crippen LogP contribution in [-0.4, -0.2) is 35.1 Å². The molecule has 0 aliphatic heterocycles. The lowest BCUT2D eigenvalue weighted by molar-refractivity contribution is -0.136. The van der Waals surface area contributed by atoms with Crippen molar-refractivity contribution in [1.29, 1.82) is 0 Å². The standard InChI is InChI=1S/C18H20FNO4/c1-20(2)18(23)17(12-6-4-3-5-7-12)24-16-13(10-21)8-15(19)9-14(16)11-22/h3-9,17,21-22H,10-11H2,1-2H3. The zero-order valence-electron chi connectivity index (χ0n) is 13.6. The lowest BCUT2D eigenvalue weighted by Crippen LogP contribution is -2.31. The summed E-state index contributed by atoms with van der Waals surface area (Å²) in [5.41, 5.74) is 0.964. The number of aliphatic hydroxyl groups excluding tert-OH is 2. The summed E-state index contributed by atoms with van der Waals surface area (Å²) in [4.78, 5) is 13.9. The van der Waals surface area contributed by atoms with E-state index in [-0.39, 0.29) is 22.8 Å². The van der Waals surface area contributed by atoms with Crippen molar-refractivity contribution in [2.45, 2.75) is 19.3 Å². The van der Waals surface area contributed by atoms with Gasteiger partial charge in [-0.2, -0.15) is 0 Å². The van der Waals surface area contributed by atoms with Gasteiger partial charge in [0.25, 0.3) is 5.91 Å². The average molecular weight is 333 g/mol. The maximum absolute atomic E-state index is 13.6. The zero-order chi connectivity index (χ0) is 17.7. The third-order valence-corrected chi connectivity index (χ3v) is 3.55. The minimum atomic E-state index is -0.970. The van der Waals surface area contributed by atoms with Gasteiger partial charge in [-0.1, -0.05) is 30.3 Å². The van der Waals surface area contributed by atoms with Crippen LogP contribution >= 0.6 is 0 Å². The molecule has 0 aliphatic carbocycles. The van der Waals surface area contributed by atoms with E-state index in [9.17, 15) is 19.4 Å². The fourth-order valence-electron chi connectivity index (χ4n) is 2.34. The molecule has 2 rings (SSSR count). The minimum Gasteiger partial charge on any atom is -0.475 e. The second-order valence-corrected chi connectivity index (χ2v) is 5.51. The first kappa shape index (κ1) is 17.9. The molecule has 0 spiro atoms. The molecule has 2 N–H and O–H groups in total. The fraction of sp³-hybridized carbons (Fsp3) is 0.278. The highest BCUT2D eigenvalue weighted by molar-refractivity contribution is 5.82. The highest BCUT2D eigenvalue weighted by Crippen LogP contribution is 2.31. The van der Waals surface area contributed by atoms with E-state index in [2.05, 4.69) is 0 Å². The molecule has 0 radical (unpaired) electrons. The number of halogens is 1. The maximum atomic E-state index is 13.6. The lowest BCUT2D eigenvalue weighted by Gasteiger charge is -2.24. The number of likely N-dealkylation sites (N-methyl/N-ethyl adjacent to an activating group) is 1. The van der Waals surface area contributed by atoms with Gasteiger partial charge in [0, 0.05) is 30.8 Å². The Morgan fingerprint density at radius 3 is 2.12 bits per heavy atom. The topological polar surface area (TPSA) is 70.0 Å². The summed E-state index contributed by atoms with van der Waals surface area (Å²) in [7, 11) is 3.21. The molecule has 2 aromatic rings. The van der Waals surface area contributed by atoms with Gasteiger partial charge in [0.1, 0.15) is 11.6 Å². The molecule has 0 aromatic heterocycles. The van der Waals surface area contributed by atoms with E-state index in [4.69, 9.17) is 4.74 Å². The SMILES string of the molecule is CN(C)C(=O)C(Oc1c(CO)cc(F)cc1CO)c1ccccc1. The Hall–Kier alpha value is -2.44. The molecule has 0 bridgehead atoms. The number of amides is 1. The van der Waals surface area contributed by atoms with Gasteiger partial charge in [-0.15, -0.1) is 0 Å². The van der Waals surface area contributed by atoms with Crippen LogP contribution < -0.4 is 4.74 Å². The van der Waals surface area contributed by atoms with Crippen LogP contribution in [0.15, 0.2) is 42.5 Å². The number of benzene rings is 2.